The first-order valence-electron chi connectivity index (χ1n) is 9.15. The van der Waals surface area contributed by atoms with Crippen LogP contribution in [0, 0.1) is 6.92 Å². The number of hydrogen-bond donors (Lipinski definition) is 1. The van der Waals surface area contributed by atoms with E-state index in [0.717, 1.165) is 37.7 Å². The molecule has 1 aromatic heterocycles. The highest BCUT2D eigenvalue weighted by atomic mass is 35.5. The number of rotatable bonds is 7. The van der Waals surface area contributed by atoms with E-state index in [9.17, 15) is 4.79 Å². The highest BCUT2D eigenvalue weighted by molar-refractivity contribution is 6.30. The summed E-state index contributed by atoms with van der Waals surface area (Å²) in [5, 5.41) is 3.61. The third-order valence-electron chi connectivity index (χ3n) is 4.74. The second-order valence-corrected chi connectivity index (χ2v) is 7.29. The average molecular weight is 392 g/mol. The van der Waals surface area contributed by atoms with Crippen LogP contribution >= 0.6 is 11.6 Å². The largest absolute Gasteiger partial charge is 0.484 e. The van der Waals surface area contributed by atoms with Gasteiger partial charge in [-0.1, -0.05) is 11.6 Å². The number of furan rings is 1. The number of carbonyl (C=O) groups is 1. The fraction of sp³-hybridized carbons (Fsp3) is 0.450. The molecule has 1 aliphatic heterocycles. The lowest BCUT2D eigenvalue weighted by atomic mass is 10.1. The summed E-state index contributed by atoms with van der Waals surface area (Å²) in [5.74, 6) is 2.22. The van der Waals surface area contributed by atoms with Gasteiger partial charge in [0.15, 0.2) is 6.61 Å². The Balaban J connectivity index is 1.55. The maximum Gasteiger partial charge on any atom is 0.258 e. The van der Waals surface area contributed by atoms with Crippen LogP contribution in [0.3, 0.4) is 0 Å². The minimum atomic E-state index is -0.160. The lowest BCUT2D eigenvalue weighted by molar-refractivity contribution is -0.123. The van der Waals surface area contributed by atoms with Crippen LogP contribution in [0.15, 0.2) is 40.8 Å². The zero-order valence-electron chi connectivity index (χ0n) is 15.8. The van der Waals surface area contributed by atoms with Gasteiger partial charge in [-0.3, -0.25) is 9.69 Å². The molecule has 2 aromatic rings. The number of nitrogens with one attached hydrogen (secondary N) is 1. The van der Waals surface area contributed by atoms with Crippen LogP contribution in [0.2, 0.25) is 5.02 Å². The van der Waals surface area contributed by atoms with Crippen molar-refractivity contribution in [2.45, 2.75) is 13.0 Å². The molecule has 3 rings (SSSR count). The number of likely N-dealkylation sites (N-methyl/N-ethyl adjacent to an activating group) is 1. The van der Waals surface area contributed by atoms with E-state index in [0.29, 0.717) is 17.3 Å². The summed E-state index contributed by atoms with van der Waals surface area (Å²) in [6.07, 6.45) is 0. The van der Waals surface area contributed by atoms with Gasteiger partial charge in [0.05, 0.1) is 6.04 Å². The third-order valence-corrected chi connectivity index (χ3v) is 5.00. The van der Waals surface area contributed by atoms with Crippen molar-refractivity contribution in [2.24, 2.45) is 0 Å². The molecule has 0 aliphatic carbocycles. The Bertz CT molecular complexity index is 739. The van der Waals surface area contributed by atoms with Gasteiger partial charge in [0.1, 0.15) is 17.3 Å². The number of hydrogen-bond acceptors (Lipinski definition) is 5. The number of benzene rings is 1. The second kappa shape index (κ2) is 9.26. The van der Waals surface area contributed by atoms with E-state index >= 15 is 0 Å². The molecular formula is C20H26ClN3O3. The Morgan fingerprint density at radius 3 is 2.52 bits per heavy atom. The van der Waals surface area contributed by atoms with Crippen molar-refractivity contribution in [1.82, 2.24) is 15.1 Å². The van der Waals surface area contributed by atoms with Crippen LogP contribution in [0.4, 0.5) is 0 Å². The van der Waals surface area contributed by atoms with Crippen molar-refractivity contribution in [2.75, 3.05) is 46.4 Å². The van der Waals surface area contributed by atoms with Gasteiger partial charge in [0.25, 0.3) is 5.91 Å². The van der Waals surface area contributed by atoms with Crippen molar-refractivity contribution in [3.05, 3.63) is 52.9 Å². The number of ether oxygens (including phenoxy) is 1. The lowest BCUT2D eigenvalue weighted by Crippen LogP contribution is -2.48. The third kappa shape index (κ3) is 5.73. The minimum absolute atomic E-state index is 0.0203. The van der Waals surface area contributed by atoms with Gasteiger partial charge in [-0.25, -0.2) is 0 Å². The van der Waals surface area contributed by atoms with E-state index in [2.05, 4.69) is 22.2 Å². The summed E-state index contributed by atoms with van der Waals surface area (Å²) in [6, 6.07) is 10.9. The van der Waals surface area contributed by atoms with Crippen LogP contribution in [-0.4, -0.2) is 62.1 Å². The molecule has 2 heterocycles. The van der Waals surface area contributed by atoms with Crippen LogP contribution in [0.1, 0.15) is 17.6 Å². The van der Waals surface area contributed by atoms with E-state index in [-0.39, 0.29) is 18.6 Å². The highest BCUT2D eigenvalue weighted by Gasteiger charge is 2.26. The first-order chi connectivity index (χ1) is 13.0. The molecule has 0 radical (unpaired) electrons. The molecule has 7 heteroatoms. The van der Waals surface area contributed by atoms with Crippen molar-refractivity contribution < 1.29 is 13.9 Å². The normalized spacial score (nSPS) is 16.9. The number of amides is 1. The quantitative estimate of drug-likeness (QED) is 0.786. The number of piperazine rings is 1. The van der Waals surface area contributed by atoms with Gasteiger partial charge in [-0.05, 0) is 50.4 Å². The van der Waals surface area contributed by atoms with Crippen LogP contribution in [0.5, 0.6) is 5.75 Å². The minimum Gasteiger partial charge on any atom is -0.484 e. The summed E-state index contributed by atoms with van der Waals surface area (Å²) in [5.41, 5.74) is 0. The van der Waals surface area contributed by atoms with Gasteiger partial charge in [-0.15, -0.1) is 0 Å². The molecule has 146 valence electrons. The van der Waals surface area contributed by atoms with Crippen LogP contribution in [0.25, 0.3) is 0 Å². The molecule has 1 aromatic carbocycles. The monoisotopic (exact) mass is 391 g/mol. The molecule has 1 saturated heterocycles. The molecule has 0 saturated carbocycles. The molecular weight excluding hydrogens is 366 g/mol. The van der Waals surface area contributed by atoms with Gasteiger partial charge in [0, 0.05) is 37.7 Å². The molecule has 1 atom stereocenters. The molecule has 27 heavy (non-hydrogen) atoms. The topological polar surface area (TPSA) is 58.0 Å². The molecule has 1 amide bonds. The van der Waals surface area contributed by atoms with E-state index in [1.54, 1.807) is 24.3 Å². The molecule has 0 bridgehead atoms. The molecule has 6 nitrogen and oxygen atoms in total. The summed E-state index contributed by atoms with van der Waals surface area (Å²) in [6.45, 7) is 6.28. The fourth-order valence-corrected chi connectivity index (χ4v) is 3.24. The van der Waals surface area contributed by atoms with Crippen LogP contribution in [-0.2, 0) is 4.79 Å². The van der Waals surface area contributed by atoms with E-state index in [1.807, 2.05) is 19.1 Å². The van der Waals surface area contributed by atoms with E-state index < -0.39 is 0 Å². The molecule has 1 N–H and O–H groups in total. The first-order valence-corrected chi connectivity index (χ1v) is 9.53. The summed E-state index contributed by atoms with van der Waals surface area (Å²) in [4.78, 5) is 16.9. The Morgan fingerprint density at radius 2 is 1.89 bits per heavy atom. The summed E-state index contributed by atoms with van der Waals surface area (Å²) in [7, 11) is 2.12. The summed E-state index contributed by atoms with van der Waals surface area (Å²) >= 11 is 5.85. The molecule has 1 fully saturated rings. The Kier molecular flexibility index (Phi) is 6.77. The number of nitrogens with zero attached hydrogens (tertiary/aromatic N) is 2. The molecule has 0 spiro atoms. The lowest BCUT2D eigenvalue weighted by Gasteiger charge is -2.37. The zero-order chi connectivity index (χ0) is 19.2. The number of aryl methyl sites for hydroxylation is 1. The Morgan fingerprint density at radius 1 is 1.19 bits per heavy atom. The predicted octanol–water partition coefficient (Wildman–Crippen LogP) is 2.73. The van der Waals surface area contributed by atoms with E-state index in [1.165, 1.54) is 0 Å². The maximum atomic E-state index is 12.2. The van der Waals surface area contributed by atoms with Crippen molar-refractivity contribution in [3.8, 4) is 5.75 Å². The standard InChI is InChI=1S/C20H26ClN3O3/c1-15-3-8-19(27-15)18(24-11-9-23(2)10-12-24)13-22-20(25)14-26-17-6-4-16(21)5-7-17/h3-8,18H,9-14H2,1-2H3,(H,22,25). The van der Waals surface area contributed by atoms with Gasteiger partial charge < -0.3 is 19.4 Å². The van der Waals surface area contributed by atoms with Gasteiger partial charge in [0.2, 0.25) is 0 Å². The predicted molar refractivity (Wildman–Crippen MR) is 105 cm³/mol. The van der Waals surface area contributed by atoms with Gasteiger partial charge in [-0.2, -0.15) is 0 Å². The summed E-state index contributed by atoms with van der Waals surface area (Å²) < 4.78 is 11.4. The molecule has 1 unspecified atom stereocenters. The van der Waals surface area contributed by atoms with E-state index in [4.69, 9.17) is 20.8 Å². The molecule has 1 aliphatic rings. The van der Waals surface area contributed by atoms with Crippen LogP contribution < -0.4 is 10.1 Å². The highest BCUT2D eigenvalue weighted by Crippen LogP contribution is 2.23. The number of halogens is 1. The Labute approximate surface area is 165 Å². The SMILES string of the molecule is Cc1ccc(C(CNC(=O)COc2ccc(Cl)cc2)N2CCN(C)CC2)o1. The van der Waals surface area contributed by atoms with Gasteiger partial charge >= 0.3 is 0 Å². The average Bonchev–Trinajstić information content (AvgIpc) is 3.09. The fourth-order valence-electron chi connectivity index (χ4n) is 3.12. The smallest absolute Gasteiger partial charge is 0.258 e. The second-order valence-electron chi connectivity index (χ2n) is 6.85. The number of carbonyl (C=O) groups excluding carboxylic acids is 1. The zero-order valence-corrected chi connectivity index (χ0v) is 16.5. The van der Waals surface area contributed by atoms with Crippen molar-refractivity contribution >= 4 is 17.5 Å². The first kappa shape index (κ1) is 19.7. The maximum absolute atomic E-state index is 12.2. The van der Waals surface area contributed by atoms with Crippen molar-refractivity contribution in [3.63, 3.8) is 0 Å². The van der Waals surface area contributed by atoms with Crippen molar-refractivity contribution in [1.29, 1.82) is 0 Å². The Hall–Kier alpha value is -2.02.